The van der Waals surface area contributed by atoms with E-state index in [1.807, 2.05) is 0 Å². The van der Waals surface area contributed by atoms with Crippen LogP contribution in [0, 0.1) is 0 Å². The fourth-order valence-corrected chi connectivity index (χ4v) is 1.03. The molecular weight excluding hydrogens is 176 g/mol. The molecule has 6 nitrogen and oxygen atoms in total. The first-order valence-electron chi connectivity index (χ1n) is 3.84. The number of nitrogens with one attached hydrogen (secondary N) is 1. The van der Waals surface area contributed by atoms with Crippen LogP contribution in [0.4, 0.5) is 0 Å². The Morgan fingerprint density at radius 1 is 1.62 bits per heavy atom. The molecule has 0 aromatic carbocycles. The molecule has 0 aliphatic carbocycles. The highest BCUT2D eigenvalue weighted by molar-refractivity contribution is 5.97. The average Bonchev–Trinajstić information content (AvgIpc) is 2.34. The lowest BCUT2D eigenvalue weighted by atomic mass is 10.2. The fraction of sp³-hybridized carbons (Fsp3) is 0.571. The summed E-state index contributed by atoms with van der Waals surface area (Å²) in [5.41, 5.74) is 4.79. The Morgan fingerprint density at radius 3 is 2.77 bits per heavy atom. The summed E-state index contributed by atoms with van der Waals surface area (Å²) in [7, 11) is 0. The van der Waals surface area contributed by atoms with E-state index in [4.69, 9.17) is 5.73 Å². The zero-order valence-electron chi connectivity index (χ0n) is 6.91. The molecular formula is C7H10N2O4. The van der Waals surface area contributed by atoms with Gasteiger partial charge in [-0.05, 0) is 0 Å². The van der Waals surface area contributed by atoms with Gasteiger partial charge in [-0.1, -0.05) is 0 Å². The van der Waals surface area contributed by atoms with Gasteiger partial charge in [0.2, 0.25) is 11.8 Å². The van der Waals surface area contributed by atoms with Crippen molar-refractivity contribution >= 4 is 17.8 Å². The topological polar surface area (TPSA) is 98.5 Å². The maximum absolute atomic E-state index is 10.9. The van der Waals surface area contributed by atoms with Crippen molar-refractivity contribution in [3.63, 3.8) is 0 Å². The molecule has 0 aromatic heterocycles. The van der Waals surface area contributed by atoms with Crippen molar-refractivity contribution in [1.29, 1.82) is 0 Å². The van der Waals surface area contributed by atoms with E-state index in [1.165, 1.54) is 0 Å². The number of cyclic esters (lactones) is 1. The van der Waals surface area contributed by atoms with Gasteiger partial charge in [0.05, 0.1) is 6.61 Å². The third-order valence-electron chi connectivity index (χ3n) is 1.61. The summed E-state index contributed by atoms with van der Waals surface area (Å²) >= 11 is 0. The summed E-state index contributed by atoms with van der Waals surface area (Å²) in [4.78, 5) is 32.1. The summed E-state index contributed by atoms with van der Waals surface area (Å²) < 4.78 is 4.60. The Morgan fingerprint density at radius 2 is 2.31 bits per heavy atom. The lowest BCUT2D eigenvalue weighted by Gasteiger charge is -2.06. The van der Waals surface area contributed by atoms with E-state index in [1.54, 1.807) is 0 Å². The van der Waals surface area contributed by atoms with Gasteiger partial charge < -0.3 is 15.8 Å². The molecule has 0 aromatic rings. The van der Waals surface area contributed by atoms with Crippen LogP contribution in [-0.2, 0) is 19.1 Å². The second-order valence-corrected chi connectivity index (χ2v) is 2.72. The molecule has 0 saturated carbocycles. The monoisotopic (exact) mass is 186 g/mol. The number of esters is 1. The first kappa shape index (κ1) is 9.50. The summed E-state index contributed by atoms with van der Waals surface area (Å²) in [5, 5.41) is 2.35. The smallest absolute Gasteiger partial charge is 0.328 e. The molecule has 1 atom stereocenters. The molecule has 1 fully saturated rings. The molecule has 1 aliphatic heterocycles. The van der Waals surface area contributed by atoms with Crippen molar-refractivity contribution in [2.75, 3.05) is 6.61 Å². The quantitative estimate of drug-likeness (QED) is 0.405. The van der Waals surface area contributed by atoms with Crippen LogP contribution in [0.2, 0.25) is 0 Å². The van der Waals surface area contributed by atoms with Gasteiger partial charge in [-0.25, -0.2) is 4.79 Å². The molecule has 0 spiro atoms. The number of rotatable bonds is 3. The number of carbonyl (C=O) groups excluding carboxylic acids is 3. The highest BCUT2D eigenvalue weighted by Crippen LogP contribution is 2.05. The van der Waals surface area contributed by atoms with Crippen molar-refractivity contribution in [2.24, 2.45) is 5.73 Å². The number of amides is 2. The Hall–Kier alpha value is -1.59. The maximum Gasteiger partial charge on any atom is 0.328 e. The van der Waals surface area contributed by atoms with Gasteiger partial charge in [-0.2, -0.15) is 0 Å². The summed E-state index contributed by atoms with van der Waals surface area (Å²) in [6, 6.07) is -0.619. The molecule has 1 rings (SSSR count). The molecule has 1 saturated heterocycles. The predicted octanol–water partition coefficient (Wildman–Crippen LogP) is -1.71. The Labute approximate surface area is 74.4 Å². The van der Waals surface area contributed by atoms with Gasteiger partial charge in [0.15, 0.2) is 0 Å². The molecule has 1 heterocycles. The van der Waals surface area contributed by atoms with Crippen molar-refractivity contribution in [3.05, 3.63) is 0 Å². The standard InChI is InChI=1S/C7H10N2O4/c8-5(10)3-6(11)9-4-1-2-13-7(4)12/h4H,1-3H2,(H2,8,10)(H,9,11). The van der Waals surface area contributed by atoms with E-state index in [9.17, 15) is 14.4 Å². The van der Waals surface area contributed by atoms with Crippen LogP contribution >= 0.6 is 0 Å². The van der Waals surface area contributed by atoms with Crippen molar-refractivity contribution < 1.29 is 19.1 Å². The van der Waals surface area contributed by atoms with Gasteiger partial charge >= 0.3 is 5.97 Å². The lowest BCUT2D eigenvalue weighted by molar-refractivity contribution is -0.141. The number of primary amides is 1. The van der Waals surface area contributed by atoms with E-state index in [2.05, 4.69) is 10.1 Å². The molecule has 0 bridgehead atoms. The number of carbonyl (C=O) groups is 3. The van der Waals surface area contributed by atoms with Crippen molar-refractivity contribution in [3.8, 4) is 0 Å². The number of hydrogen-bond donors (Lipinski definition) is 2. The average molecular weight is 186 g/mol. The number of ether oxygens (including phenoxy) is 1. The molecule has 3 N–H and O–H groups in total. The van der Waals surface area contributed by atoms with Crippen molar-refractivity contribution in [2.45, 2.75) is 18.9 Å². The SMILES string of the molecule is NC(=O)CC(=O)NC1CCOC1=O. The third-order valence-corrected chi connectivity index (χ3v) is 1.61. The molecule has 1 unspecified atom stereocenters. The summed E-state index contributed by atoms with van der Waals surface area (Å²) in [6.07, 6.45) is 0.0487. The molecule has 0 radical (unpaired) electrons. The molecule has 1 aliphatic rings. The summed E-state index contributed by atoms with van der Waals surface area (Å²) in [5.74, 6) is -1.72. The Bertz CT molecular complexity index is 251. The zero-order valence-corrected chi connectivity index (χ0v) is 6.91. The van der Waals surface area contributed by atoms with Crippen LogP contribution in [-0.4, -0.2) is 30.4 Å². The van der Waals surface area contributed by atoms with Crippen LogP contribution in [0.15, 0.2) is 0 Å². The van der Waals surface area contributed by atoms with Gasteiger partial charge in [-0.3, -0.25) is 9.59 Å². The van der Waals surface area contributed by atoms with Crippen LogP contribution < -0.4 is 11.1 Å². The fourth-order valence-electron chi connectivity index (χ4n) is 1.03. The van der Waals surface area contributed by atoms with E-state index in [0.29, 0.717) is 13.0 Å². The van der Waals surface area contributed by atoms with Crippen LogP contribution in [0.25, 0.3) is 0 Å². The second kappa shape index (κ2) is 3.88. The van der Waals surface area contributed by atoms with Crippen LogP contribution in [0.5, 0.6) is 0 Å². The third kappa shape index (κ3) is 2.73. The normalized spacial score (nSPS) is 20.9. The number of hydrogen-bond acceptors (Lipinski definition) is 4. The van der Waals surface area contributed by atoms with E-state index < -0.39 is 30.2 Å². The van der Waals surface area contributed by atoms with Gasteiger partial charge in [0, 0.05) is 6.42 Å². The van der Waals surface area contributed by atoms with Crippen LogP contribution in [0.3, 0.4) is 0 Å². The minimum absolute atomic E-state index is 0.306. The second-order valence-electron chi connectivity index (χ2n) is 2.72. The first-order chi connectivity index (χ1) is 6.09. The van der Waals surface area contributed by atoms with Crippen LogP contribution in [0.1, 0.15) is 12.8 Å². The van der Waals surface area contributed by atoms with Crippen molar-refractivity contribution in [1.82, 2.24) is 5.32 Å². The molecule has 72 valence electrons. The highest BCUT2D eigenvalue weighted by Gasteiger charge is 2.27. The van der Waals surface area contributed by atoms with E-state index in [-0.39, 0.29) is 0 Å². The number of nitrogens with two attached hydrogens (primary N) is 1. The largest absolute Gasteiger partial charge is 0.464 e. The van der Waals surface area contributed by atoms with Gasteiger partial charge in [0.25, 0.3) is 0 Å². The van der Waals surface area contributed by atoms with Gasteiger partial charge in [-0.15, -0.1) is 0 Å². The van der Waals surface area contributed by atoms with E-state index >= 15 is 0 Å². The van der Waals surface area contributed by atoms with E-state index in [0.717, 1.165) is 0 Å². The Kier molecular flexibility index (Phi) is 2.84. The zero-order chi connectivity index (χ0) is 9.84. The van der Waals surface area contributed by atoms with Gasteiger partial charge in [0.1, 0.15) is 12.5 Å². The first-order valence-corrected chi connectivity index (χ1v) is 3.84. The minimum Gasteiger partial charge on any atom is -0.464 e. The highest BCUT2D eigenvalue weighted by atomic mass is 16.5. The molecule has 6 heteroatoms. The lowest BCUT2D eigenvalue weighted by Crippen LogP contribution is -2.39. The molecule has 13 heavy (non-hydrogen) atoms. The molecule has 2 amide bonds. The predicted molar refractivity (Wildman–Crippen MR) is 41.3 cm³/mol. The maximum atomic E-state index is 10.9. The summed E-state index contributed by atoms with van der Waals surface area (Å²) in [6.45, 7) is 0.306. The minimum atomic E-state index is -0.719. The Balaban J connectivity index is 2.35.